The summed E-state index contributed by atoms with van der Waals surface area (Å²) < 4.78 is 6.29. The van der Waals surface area contributed by atoms with Crippen LogP contribution in [0.25, 0.3) is 0 Å². The zero-order valence-electron chi connectivity index (χ0n) is 11.1. The lowest BCUT2D eigenvalue weighted by molar-refractivity contribution is -0.137. The van der Waals surface area contributed by atoms with Gasteiger partial charge in [0.1, 0.15) is 18.3 Å². The lowest BCUT2D eigenvalue weighted by atomic mass is 10.0. The number of hydrogen-bond acceptors (Lipinski definition) is 8. The third-order valence-corrected chi connectivity index (χ3v) is 3.49. The van der Waals surface area contributed by atoms with Crippen molar-refractivity contribution in [2.45, 2.75) is 31.0 Å². The number of aliphatic hydroxyl groups excluding tert-OH is 3. The Labute approximate surface area is 119 Å². The van der Waals surface area contributed by atoms with Crippen molar-refractivity contribution in [3.63, 3.8) is 0 Å². The first-order valence-electron chi connectivity index (χ1n) is 6.04. The van der Waals surface area contributed by atoms with Gasteiger partial charge < -0.3 is 20.1 Å². The van der Waals surface area contributed by atoms with Crippen molar-refractivity contribution in [1.29, 1.82) is 0 Å². The normalized spacial score (nSPS) is 31.9. The number of nitrogens with one attached hydrogen (secondary N) is 1. The van der Waals surface area contributed by atoms with Crippen LogP contribution in [0.2, 0.25) is 0 Å². The van der Waals surface area contributed by atoms with E-state index in [1.54, 1.807) is 5.48 Å². The van der Waals surface area contributed by atoms with Crippen molar-refractivity contribution in [1.82, 2.24) is 9.55 Å². The molecular weight excluding hydrogens is 282 g/mol. The van der Waals surface area contributed by atoms with Gasteiger partial charge in [0.05, 0.1) is 12.2 Å². The molecule has 0 unspecified atom stereocenters. The van der Waals surface area contributed by atoms with Crippen molar-refractivity contribution in [2.75, 3.05) is 12.1 Å². The van der Waals surface area contributed by atoms with Crippen LogP contribution in [0.15, 0.2) is 11.0 Å². The minimum Gasteiger partial charge on any atom is -0.394 e. The fourth-order valence-corrected chi connectivity index (χ4v) is 2.27. The maximum absolute atomic E-state index is 12.0. The second kappa shape index (κ2) is 5.44. The molecule has 4 atom stereocenters. The summed E-state index contributed by atoms with van der Waals surface area (Å²) in [6.45, 7) is 0.820. The van der Waals surface area contributed by atoms with E-state index >= 15 is 0 Å². The van der Waals surface area contributed by atoms with Gasteiger partial charge in [0, 0.05) is 6.20 Å². The number of aromatic nitrogens is 2. The first-order valence-corrected chi connectivity index (χ1v) is 6.04. The molecule has 0 radical (unpaired) electrons. The zero-order chi connectivity index (χ0) is 15.8. The molecule has 0 spiro atoms. The Bertz CT molecular complexity index is 639. The summed E-state index contributed by atoms with van der Waals surface area (Å²) in [6.07, 6.45) is 2.50. The van der Waals surface area contributed by atoms with Crippen molar-refractivity contribution < 1.29 is 25.3 Å². The lowest BCUT2D eigenvalue weighted by Gasteiger charge is -2.29. The second-order valence-corrected chi connectivity index (χ2v) is 4.74. The molecule has 0 aliphatic carbocycles. The van der Waals surface area contributed by atoms with E-state index < -0.39 is 36.3 Å². The third-order valence-electron chi connectivity index (χ3n) is 3.49. The summed E-state index contributed by atoms with van der Waals surface area (Å²) in [5.74, 6) is 2.00. The number of nitrogens with zero attached hydrogens (tertiary/aromatic N) is 2. The van der Waals surface area contributed by atoms with Gasteiger partial charge in [-0.15, -0.1) is 6.42 Å². The minimum atomic E-state index is -1.66. The van der Waals surface area contributed by atoms with Crippen LogP contribution in [0.5, 0.6) is 0 Å². The molecule has 1 fully saturated rings. The van der Waals surface area contributed by atoms with E-state index in [1.165, 1.54) is 6.92 Å². The Morgan fingerprint density at radius 3 is 2.76 bits per heavy atom. The SMILES string of the molecule is C#Cc1cn([C@]2(C)O[C@H](CO)[C@@H](O)[C@H]2O)c(=O)nc1NO. The van der Waals surface area contributed by atoms with Crippen LogP contribution in [0, 0.1) is 12.3 Å². The summed E-state index contributed by atoms with van der Waals surface area (Å²) >= 11 is 0. The number of terminal acetylenes is 1. The van der Waals surface area contributed by atoms with Crippen LogP contribution >= 0.6 is 0 Å². The number of anilines is 1. The van der Waals surface area contributed by atoms with Crippen molar-refractivity contribution in [2.24, 2.45) is 0 Å². The predicted molar refractivity (Wildman–Crippen MR) is 69.5 cm³/mol. The van der Waals surface area contributed by atoms with Gasteiger partial charge in [0.25, 0.3) is 0 Å². The molecule has 9 heteroatoms. The van der Waals surface area contributed by atoms with Crippen molar-refractivity contribution in [3.8, 4) is 12.3 Å². The fraction of sp³-hybridized carbons (Fsp3) is 0.500. The summed E-state index contributed by atoms with van der Waals surface area (Å²) in [5.41, 5.74) is -0.769. The maximum Gasteiger partial charge on any atom is 0.352 e. The van der Waals surface area contributed by atoms with Gasteiger partial charge >= 0.3 is 5.69 Å². The molecule has 2 heterocycles. The average molecular weight is 297 g/mol. The van der Waals surface area contributed by atoms with E-state index in [9.17, 15) is 15.0 Å². The Morgan fingerprint density at radius 1 is 1.62 bits per heavy atom. The van der Waals surface area contributed by atoms with E-state index in [-0.39, 0.29) is 11.4 Å². The Balaban J connectivity index is 2.57. The molecule has 2 rings (SSSR count). The van der Waals surface area contributed by atoms with Crippen LogP contribution in [-0.4, -0.2) is 55.0 Å². The highest BCUT2D eigenvalue weighted by atomic mass is 16.6. The largest absolute Gasteiger partial charge is 0.394 e. The van der Waals surface area contributed by atoms with Gasteiger partial charge in [-0.2, -0.15) is 4.98 Å². The number of aliphatic hydroxyl groups is 3. The zero-order valence-corrected chi connectivity index (χ0v) is 11.1. The average Bonchev–Trinajstić information content (AvgIpc) is 2.71. The highest BCUT2D eigenvalue weighted by Crippen LogP contribution is 2.34. The molecule has 114 valence electrons. The summed E-state index contributed by atoms with van der Waals surface area (Å²) in [4.78, 5) is 15.5. The first-order chi connectivity index (χ1) is 9.88. The minimum absolute atomic E-state index is 0.0519. The van der Waals surface area contributed by atoms with Crippen molar-refractivity contribution in [3.05, 3.63) is 22.2 Å². The highest BCUT2D eigenvalue weighted by molar-refractivity contribution is 5.50. The van der Waals surface area contributed by atoms with E-state index in [0.29, 0.717) is 0 Å². The van der Waals surface area contributed by atoms with E-state index in [1.807, 2.05) is 0 Å². The predicted octanol–water partition coefficient (Wildman–Crippen LogP) is -2.19. The number of ether oxygens (including phenoxy) is 1. The van der Waals surface area contributed by atoms with Crippen LogP contribution < -0.4 is 11.2 Å². The standard InChI is InChI=1S/C12H15N3O6/c1-3-6-4-15(11(19)13-10(6)14-20)12(2)9(18)8(17)7(5-16)21-12/h1,4,7-9,16-18,20H,5H2,2H3,(H,13,14,19)/t7-,8-,9-,12-/m1/s1. The van der Waals surface area contributed by atoms with Gasteiger partial charge in [-0.3, -0.25) is 15.3 Å². The molecular formula is C12H15N3O6. The molecule has 0 bridgehead atoms. The molecule has 21 heavy (non-hydrogen) atoms. The number of hydrogen-bond donors (Lipinski definition) is 5. The van der Waals surface area contributed by atoms with E-state index in [2.05, 4.69) is 10.9 Å². The molecule has 1 aliphatic heterocycles. The summed E-state index contributed by atoms with van der Waals surface area (Å²) in [6, 6.07) is 0. The molecule has 9 nitrogen and oxygen atoms in total. The Kier molecular flexibility index (Phi) is 3.99. The lowest BCUT2D eigenvalue weighted by Crippen LogP contribution is -2.48. The molecule has 1 aromatic rings. The topological polar surface area (TPSA) is 137 Å². The monoisotopic (exact) mass is 297 g/mol. The Hall–Kier alpha value is -1.96. The van der Waals surface area contributed by atoms with Crippen LogP contribution in [-0.2, 0) is 10.5 Å². The van der Waals surface area contributed by atoms with E-state index in [0.717, 1.165) is 10.8 Å². The smallest absolute Gasteiger partial charge is 0.352 e. The van der Waals surface area contributed by atoms with Gasteiger partial charge in [0.2, 0.25) is 0 Å². The van der Waals surface area contributed by atoms with Crippen LogP contribution in [0.3, 0.4) is 0 Å². The third kappa shape index (κ3) is 2.29. The van der Waals surface area contributed by atoms with Gasteiger partial charge in [0.15, 0.2) is 11.5 Å². The molecule has 0 aromatic carbocycles. The molecule has 1 aliphatic rings. The molecule has 1 aromatic heterocycles. The summed E-state index contributed by atoms with van der Waals surface area (Å²) in [7, 11) is 0. The quantitative estimate of drug-likeness (QED) is 0.313. The first kappa shape index (κ1) is 15.4. The molecule has 1 saturated heterocycles. The van der Waals surface area contributed by atoms with Gasteiger partial charge in [-0.05, 0) is 6.92 Å². The highest BCUT2D eigenvalue weighted by Gasteiger charge is 2.52. The maximum atomic E-state index is 12.0. The summed E-state index contributed by atoms with van der Waals surface area (Å²) in [5, 5.41) is 37.9. The molecule has 0 saturated carbocycles. The Morgan fingerprint density at radius 2 is 2.29 bits per heavy atom. The van der Waals surface area contributed by atoms with Gasteiger partial charge in [-0.1, -0.05) is 5.92 Å². The second-order valence-electron chi connectivity index (χ2n) is 4.74. The fourth-order valence-electron chi connectivity index (χ4n) is 2.27. The van der Waals surface area contributed by atoms with E-state index in [4.69, 9.17) is 21.5 Å². The molecule has 5 N–H and O–H groups in total. The molecule has 0 amide bonds. The van der Waals surface area contributed by atoms with Gasteiger partial charge in [-0.25, -0.2) is 4.79 Å². The van der Waals surface area contributed by atoms with Crippen LogP contribution in [0.1, 0.15) is 12.5 Å². The number of rotatable bonds is 3. The van der Waals surface area contributed by atoms with Crippen molar-refractivity contribution >= 4 is 5.82 Å². The van der Waals surface area contributed by atoms with Crippen LogP contribution in [0.4, 0.5) is 5.82 Å².